The van der Waals surface area contributed by atoms with Crippen molar-refractivity contribution >= 4 is 17.3 Å². The molecule has 0 bridgehead atoms. The average Bonchev–Trinajstić information content (AvgIpc) is 3.03. The average molecular weight is 345 g/mol. The lowest BCUT2D eigenvalue weighted by molar-refractivity contribution is 0.936. The summed E-state index contributed by atoms with van der Waals surface area (Å²) in [4.78, 5) is 15.5. The molecule has 130 valence electrons. The van der Waals surface area contributed by atoms with Crippen molar-refractivity contribution in [3.05, 3.63) is 55.1 Å². The van der Waals surface area contributed by atoms with E-state index in [0.717, 1.165) is 34.7 Å². The van der Waals surface area contributed by atoms with Crippen LogP contribution in [0.5, 0.6) is 0 Å². The molecule has 0 aliphatic rings. The third kappa shape index (κ3) is 2.73. The maximum atomic E-state index is 6.11. The van der Waals surface area contributed by atoms with Gasteiger partial charge in [0.05, 0.1) is 11.3 Å². The van der Waals surface area contributed by atoms with Gasteiger partial charge in [0.25, 0.3) is 0 Å². The van der Waals surface area contributed by atoms with E-state index in [4.69, 9.17) is 5.73 Å². The molecule has 0 aromatic carbocycles. The van der Waals surface area contributed by atoms with Gasteiger partial charge in [-0.15, -0.1) is 5.10 Å². The molecule has 0 saturated carbocycles. The smallest absolute Gasteiger partial charge is 0.166 e. The maximum absolute atomic E-state index is 6.11. The minimum atomic E-state index is 0.409. The number of hydrogen-bond donors (Lipinski definition) is 1. The SMILES string of the molecule is CCN(C)c1ccc(-c2cnc3c(-c4ccccn4)c(N)nn3c2)cn1. The van der Waals surface area contributed by atoms with E-state index in [-0.39, 0.29) is 0 Å². The Kier molecular flexibility index (Phi) is 3.96. The standard InChI is InChI=1S/C19H19N7/c1-3-25(2)16-8-7-13(10-22-16)14-11-23-19-17(15-6-4-5-9-21-15)18(20)24-26(19)12-14/h4-12H,3H2,1-2H3,(H2,20,24). The van der Waals surface area contributed by atoms with Gasteiger partial charge in [-0.1, -0.05) is 6.07 Å². The van der Waals surface area contributed by atoms with Crippen LogP contribution in [-0.4, -0.2) is 38.2 Å². The van der Waals surface area contributed by atoms with Crippen molar-refractivity contribution in [1.82, 2.24) is 24.6 Å². The molecule has 0 spiro atoms. The summed E-state index contributed by atoms with van der Waals surface area (Å²) in [5.74, 6) is 1.34. The van der Waals surface area contributed by atoms with Gasteiger partial charge in [0.2, 0.25) is 0 Å². The van der Waals surface area contributed by atoms with Gasteiger partial charge in [-0.05, 0) is 31.2 Å². The molecular formula is C19H19N7. The first-order chi connectivity index (χ1) is 12.7. The molecule has 4 rings (SSSR count). The van der Waals surface area contributed by atoms with Crippen LogP contribution in [0.15, 0.2) is 55.1 Å². The van der Waals surface area contributed by atoms with Crippen LogP contribution >= 0.6 is 0 Å². The number of anilines is 2. The summed E-state index contributed by atoms with van der Waals surface area (Å²) in [5.41, 5.74) is 10.2. The Hall–Kier alpha value is -3.48. The Labute approximate surface area is 151 Å². The van der Waals surface area contributed by atoms with Gasteiger partial charge in [0, 0.05) is 49.5 Å². The Balaban J connectivity index is 1.75. The van der Waals surface area contributed by atoms with Gasteiger partial charge in [-0.2, -0.15) is 0 Å². The van der Waals surface area contributed by atoms with Crippen molar-refractivity contribution in [2.24, 2.45) is 0 Å². The van der Waals surface area contributed by atoms with Crippen molar-refractivity contribution in [2.75, 3.05) is 24.2 Å². The van der Waals surface area contributed by atoms with Crippen molar-refractivity contribution in [2.45, 2.75) is 6.92 Å². The molecule has 0 aliphatic heterocycles. The highest BCUT2D eigenvalue weighted by Crippen LogP contribution is 2.29. The lowest BCUT2D eigenvalue weighted by Gasteiger charge is -2.15. The van der Waals surface area contributed by atoms with Crippen LogP contribution in [0.25, 0.3) is 28.0 Å². The van der Waals surface area contributed by atoms with Crippen LogP contribution in [0.1, 0.15) is 6.92 Å². The van der Waals surface area contributed by atoms with E-state index in [1.165, 1.54) is 0 Å². The first kappa shape index (κ1) is 16.0. The Morgan fingerprint density at radius 2 is 1.88 bits per heavy atom. The molecule has 4 heterocycles. The summed E-state index contributed by atoms with van der Waals surface area (Å²) in [6.07, 6.45) is 7.29. The molecule has 26 heavy (non-hydrogen) atoms. The molecule has 0 saturated heterocycles. The molecule has 0 amide bonds. The highest BCUT2D eigenvalue weighted by atomic mass is 15.3. The summed E-state index contributed by atoms with van der Waals surface area (Å²) in [5, 5.41) is 4.40. The van der Waals surface area contributed by atoms with Gasteiger partial charge < -0.3 is 10.6 Å². The van der Waals surface area contributed by atoms with Crippen molar-refractivity contribution in [3.8, 4) is 22.4 Å². The molecule has 4 aromatic rings. The van der Waals surface area contributed by atoms with Gasteiger partial charge >= 0.3 is 0 Å². The van der Waals surface area contributed by atoms with Crippen molar-refractivity contribution in [1.29, 1.82) is 0 Å². The second-order valence-corrected chi connectivity index (χ2v) is 6.01. The third-order valence-corrected chi connectivity index (χ3v) is 4.37. The number of rotatable bonds is 4. The Bertz CT molecular complexity index is 1040. The lowest BCUT2D eigenvalue weighted by Crippen LogP contribution is -2.16. The maximum Gasteiger partial charge on any atom is 0.166 e. The number of nitrogens with two attached hydrogens (primary N) is 1. The molecule has 0 radical (unpaired) electrons. The second kappa shape index (κ2) is 6.44. The normalized spacial score (nSPS) is 11.0. The minimum Gasteiger partial charge on any atom is -0.382 e. The van der Waals surface area contributed by atoms with E-state index < -0.39 is 0 Å². The number of nitrogens with zero attached hydrogens (tertiary/aromatic N) is 6. The van der Waals surface area contributed by atoms with Crippen LogP contribution in [0.4, 0.5) is 11.6 Å². The van der Waals surface area contributed by atoms with Gasteiger partial charge in [0.15, 0.2) is 11.5 Å². The van der Waals surface area contributed by atoms with E-state index in [9.17, 15) is 0 Å². The van der Waals surface area contributed by atoms with Crippen LogP contribution in [0, 0.1) is 0 Å². The summed E-state index contributed by atoms with van der Waals surface area (Å²) in [6.45, 7) is 3.00. The molecule has 0 unspecified atom stereocenters. The molecular weight excluding hydrogens is 326 g/mol. The number of aromatic nitrogens is 5. The molecule has 2 N–H and O–H groups in total. The molecule has 7 nitrogen and oxygen atoms in total. The zero-order chi connectivity index (χ0) is 18.1. The summed E-state index contributed by atoms with van der Waals surface area (Å²) in [6, 6.07) is 9.71. The largest absolute Gasteiger partial charge is 0.382 e. The zero-order valence-corrected chi connectivity index (χ0v) is 14.7. The number of pyridine rings is 2. The highest BCUT2D eigenvalue weighted by Gasteiger charge is 2.15. The number of fused-ring (bicyclic) bond motifs is 1. The van der Waals surface area contributed by atoms with Crippen molar-refractivity contribution < 1.29 is 0 Å². The summed E-state index contributed by atoms with van der Waals surface area (Å²) < 4.78 is 1.70. The summed E-state index contributed by atoms with van der Waals surface area (Å²) in [7, 11) is 2.02. The van der Waals surface area contributed by atoms with E-state index in [0.29, 0.717) is 11.5 Å². The molecule has 0 fully saturated rings. The monoisotopic (exact) mass is 345 g/mol. The minimum absolute atomic E-state index is 0.409. The van der Waals surface area contributed by atoms with Crippen LogP contribution in [0.3, 0.4) is 0 Å². The first-order valence-electron chi connectivity index (χ1n) is 8.40. The first-order valence-corrected chi connectivity index (χ1v) is 8.40. The predicted octanol–water partition coefficient (Wildman–Crippen LogP) is 2.89. The fourth-order valence-electron chi connectivity index (χ4n) is 2.80. The van der Waals surface area contributed by atoms with E-state index in [1.807, 2.05) is 56.0 Å². The number of nitrogen functional groups attached to an aromatic ring is 1. The predicted molar refractivity (Wildman–Crippen MR) is 103 cm³/mol. The van der Waals surface area contributed by atoms with E-state index in [1.54, 1.807) is 10.7 Å². The highest BCUT2D eigenvalue weighted by molar-refractivity contribution is 5.84. The summed E-state index contributed by atoms with van der Waals surface area (Å²) >= 11 is 0. The molecule has 4 aromatic heterocycles. The topological polar surface area (TPSA) is 85.2 Å². The van der Waals surface area contributed by atoms with E-state index >= 15 is 0 Å². The fraction of sp³-hybridized carbons (Fsp3) is 0.158. The van der Waals surface area contributed by atoms with Crippen LogP contribution in [-0.2, 0) is 0 Å². The van der Waals surface area contributed by atoms with Gasteiger partial charge in [0.1, 0.15) is 5.82 Å². The van der Waals surface area contributed by atoms with Crippen molar-refractivity contribution in [3.63, 3.8) is 0 Å². The molecule has 0 aliphatic carbocycles. The second-order valence-electron chi connectivity index (χ2n) is 6.01. The molecule has 0 atom stereocenters. The quantitative estimate of drug-likeness (QED) is 0.612. The third-order valence-electron chi connectivity index (χ3n) is 4.37. The van der Waals surface area contributed by atoms with Gasteiger partial charge in [-0.25, -0.2) is 14.5 Å². The van der Waals surface area contributed by atoms with Gasteiger partial charge in [-0.3, -0.25) is 4.98 Å². The molecule has 7 heteroatoms. The zero-order valence-electron chi connectivity index (χ0n) is 14.7. The van der Waals surface area contributed by atoms with Crippen LogP contribution in [0.2, 0.25) is 0 Å². The van der Waals surface area contributed by atoms with Crippen LogP contribution < -0.4 is 10.6 Å². The fourth-order valence-corrected chi connectivity index (χ4v) is 2.80. The van der Waals surface area contributed by atoms with E-state index in [2.05, 4.69) is 31.9 Å². The lowest BCUT2D eigenvalue weighted by atomic mass is 10.1. The number of hydrogen-bond acceptors (Lipinski definition) is 6. The Morgan fingerprint density at radius 3 is 2.58 bits per heavy atom. The Morgan fingerprint density at radius 1 is 1.04 bits per heavy atom.